The summed E-state index contributed by atoms with van der Waals surface area (Å²) in [5.74, 6) is 0.661. The zero-order valence-corrected chi connectivity index (χ0v) is 11.5. The molecule has 96 valence electrons. The summed E-state index contributed by atoms with van der Waals surface area (Å²) < 4.78 is 5.07. The first kappa shape index (κ1) is 13.1. The molecule has 0 aliphatic carbocycles. The van der Waals surface area contributed by atoms with Gasteiger partial charge in [0.15, 0.2) is 0 Å². The van der Waals surface area contributed by atoms with Crippen LogP contribution < -0.4 is 10.1 Å². The Morgan fingerprint density at radius 1 is 1.39 bits per heavy atom. The second kappa shape index (κ2) is 6.52. The summed E-state index contributed by atoms with van der Waals surface area (Å²) in [5, 5.41) is 7.83. The quantitative estimate of drug-likeness (QED) is 0.869. The molecule has 3 nitrogen and oxygen atoms in total. The number of nitrogens with zero attached hydrogens (tertiary/aromatic N) is 1. The number of aromatic nitrogens is 1. The lowest BCUT2D eigenvalue weighted by molar-refractivity contribution is 0.397. The van der Waals surface area contributed by atoms with Crippen molar-refractivity contribution in [2.75, 3.05) is 13.7 Å². The standard InChI is InChI=1S/C14H18N2OS/c1-3-15-13(12-6-7-18-10-12)8-11-4-5-14(17-2)16-9-11/h4-7,9-10,13,15H,3,8H2,1-2H3. The summed E-state index contributed by atoms with van der Waals surface area (Å²) in [6, 6.07) is 6.51. The van der Waals surface area contributed by atoms with E-state index in [9.17, 15) is 0 Å². The lowest BCUT2D eigenvalue weighted by Crippen LogP contribution is -2.22. The maximum Gasteiger partial charge on any atom is 0.212 e. The predicted octanol–water partition coefficient (Wildman–Crippen LogP) is 3.05. The Bertz CT molecular complexity index is 453. The van der Waals surface area contributed by atoms with Crippen molar-refractivity contribution in [3.05, 3.63) is 46.3 Å². The highest BCUT2D eigenvalue weighted by Crippen LogP contribution is 2.21. The third-order valence-corrected chi connectivity index (χ3v) is 3.54. The molecule has 1 N–H and O–H groups in total. The van der Waals surface area contributed by atoms with Crippen LogP contribution in [0.2, 0.25) is 0 Å². The number of pyridine rings is 1. The molecule has 2 aromatic rings. The molecule has 2 aromatic heterocycles. The SMILES string of the molecule is CCNC(Cc1ccc(OC)nc1)c1ccsc1. The van der Waals surface area contributed by atoms with Gasteiger partial charge in [-0.1, -0.05) is 13.0 Å². The molecule has 18 heavy (non-hydrogen) atoms. The van der Waals surface area contributed by atoms with E-state index in [1.54, 1.807) is 18.4 Å². The monoisotopic (exact) mass is 262 g/mol. The maximum atomic E-state index is 5.07. The molecule has 1 atom stereocenters. The first-order valence-electron chi connectivity index (χ1n) is 6.08. The van der Waals surface area contributed by atoms with Gasteiger partial charge in [0, 0.05) is 18.3 Å². The zero-order chi connectivity index (χ0) is 12.8. The molecule has 0 saturated carbocycles. The predicted molar refractivity (Wildman–Crippen MR) is 75.2 cm³/mol. The molecule has 0 aliphatic rings. The lowest BCUT2D eigenvalue weighted by atomic mass is 10.0. The molecule has 0 spiro atoms. The largest absolute Gasteiger partial charge is 0.481 e. The number of rotatable bonds is 6. The molecule has 2 heterocycles. The van der Waals surface area contributed by atoms with Gasteiger partial charge in [-0.05, 0) is 40.9 Å². The smallest absolute Gasteiger partial charge is 0.212 e. The fourth-order valence-corrected chi connectivity index (χ4v) is 2.63. The molecule has 0 radical (unpaired) electrons. The highest BCUT2D eigenvalue weighted by molar-refractivity contribution is 7.07. The van der Waals surface area contributed by atoms with Crippen LogP contribution in [0.25, 0.3) is 0 Å². The summed E-state index contributed by atoms with van der Waals surface area (Å²) in [7, 11) is 1.63. The molecule has 0 aliphatic heterocycles. The maximum absolute atomic E-state index is 5.07. The first-order chi connectivity index (χ1) is 8.83. The van der Waals surface area contributed by atoms with Crippen LogP contribution in [0.3, 0.4) is 0 Å². The van der Waals surface area contributed by atoms with Crippen molar-refractivity contribution < 1.29 is 4.74 Å². The fraction of sp³-hybridized carbons (Fsp3) is 0.357. The Balaban J connectivity index is 2.08. The van der Waals surface area contributed by atoms with Crippen molar-refractivity contribution in [3.8, 4) is 5.88 Å². The van der Waals surface area contributed by atoms with Crippen LogP contribution in [0.5, 0.6) is 5.88 Å². The van der Waals surface area contributed by atoms with Gasteiger partial charge in [-0.25, -0.2) is 4.98 Å². The molecule has 2 rings (SSSR count). The van der Waals surface area contributed by atoms with Crippen LogP contribution in [0, 0.1) is 0 Å². The molecular weight excluding hydrogens is 244 g/mol. The van der Waals surface area contributed by atoms with Gasteiger partial charge in [-0.2, -0.15) is 11.3 Å². The van der Waals surface area contributed by atoms with E-state index in [0.717, 1.165) is 13.0 Å². The second-order valence-electron chi connectivity index (χ2n) is 4.08. The molecule has 4 heteroatoms. The van der Waals surface area contributed by atoms with Crippen molar-refractivity contribution in [3.63, 3.8) is 0 Å². The van der Waals surface area contributed by atoms with Crippen LogP contribution in [0.15, 0.2) is 35.2 Å². The van der Waals surface area contributed by atoms with Gasteiger partial charge in [0.2, 0.25) is 5.88 Å². The van der Waals surface area contributed by atoms with Crippen molar-refractivity contribution >= 4 is 11.3 Å². The summed E-state index contributed by atoms with van der Waals surface area (Å²) in [6.45, 7) is 3.09. The average Bonchev–Trinajstić information content (AvgIpc) is 2.93. The summed E-state index contributed by atoms with van der Waals surface area (Å²) in [6.07, 6.45) is 2.83. The molecule has 0 aromatic carbocycles. The van der Waals surface area contributed by atoms with Crippen molar-refractivity contribution in [1.82, 2.24) is 10.3 Å². The highest BCUT2D eigenvalue weighted by atomic mass is 32.1. The lowest BCUT2D eigenvalue weighted by Gasteiger charge is -2.16. The number of likely N-dealkylation sites (N-methyl/N-ethyl adjacent to an activating group) is 1. The third kappa shape index (κ3) is 3.31. The molecule has 0 saturated heterocycles. The number of hydrogen-bond donors (Lipinski definition) is 1. The fourth-order valence-electron chi connectivity index (χ4n) is 1.92. The van der Waals surface area contributed by atoms with Crippen molar-refractivity contribution in [2.24, 2.45) is 0 Å². The molecule has 0 amide bonds. The summed E-state index contributed by atoms with van der Waals surface area (Å²) in [4.78, 5) is 4.24. The summed E-state index contributed by atoms with van der Waals surface area (Å²) >= 11 is 1.73. The van der Waals surface area contributed by atoms with E-state index in [1.807, 2.05) is 12.3 Å². The van der Waals surface area contributed by atoms with Gasteiger partial charge < -0.3 is 10.1 Å². The van der Waals surface area contributed by atoms with Crippen LogP contribution in [-0.4, -0.2) is 18.6 Å². The Morgan fingerprint density at radius 2 is 2.28 bits per heavy atom. The second-order valence-corrected chi connectivity index (χ2v) is 4.86. The van der Waals surface area contributed by atoms with E-state index in [1.165, 1.54) is 11.1 Å². The minimum absolute atomic E-state index is 0.358. The van der Waals surface area contributed by atoms with Gasteiger partial charge in [-0.15, -0.1) is 0 Å². The number of nitrogens with one attached hydrogen (secondary N) is 1. The Hall–Kier alpha value is -1.39. The van der Waals surface area contributed by atoms with Gasteiger partial charge >= 0.3 is 0 Å². The minimum Gasteiger partial charge on any atom is -0.481 e. The van der Waals surface area contributed by atoms with E-state index in [2.05, 4.69) is 40.1 Å². The van der Waals surface area contributed by atoms with E-state index < -0.39 is 0 Å². The van der Waals surface area contributed by atoms with Crippen LogP contribution >= 0.6 is 11.3 Å². The van der Waals surface area contributed by atoms with Crippen molar-refractivity contribution in [1.29, 1.82) is 0 Å². The normalized spacial score (nSPS) is 12.3. The highest BCUT2D eigenvalue weighted by Gasteiger charge is 2.11. The number of thiophene rings is 1. The summed E-state index contributed by atoms with van der Waals surface area (Å²) in [5.41, 5.74) is 2.56. The van der Waals surface area contributed by atoms with Crippen molar-refractivity contribution in [2.45, 2.75) is 19.4 Å². The number of ether oxygens (including phenoxy) is 1. The molecular formula is C14H18N2OS. The number of hydrogen-bond acceptors (Lipinski definition) is 4. The third-order valence-electron chi connectivity index (χ3n) is 2.84. The molecule has 0 bridgehead atoms. The van der Waals surface area contributed by atoms with Gasteiger partial charge in [0.05, 0.1) is 7.11 Å². The van der Waals surface area contributed by atoms with Crippen LogP contribution in [-0.2, 0) is 6.42 Å². The average molecular weight is 262 g/mol. The minimum atomic E-state index is 0.358. The van der Waals surface area contributed by atoms with Gasteiger partial charge in [-0.3, -0.25) is 0 Å². The Morgan fingerprint density at radius 3 is 2.83 bits per heavy atom. The number of methoxy groups -OCH3 is 1. The van der Waals surface area contributed by atoms with Crippen LogP contribution in [0.4, 0.5) is 0 Å². The van der Waals surface area contributed by atoms with E-state index in [0.29, 0.717) is 11.9 Å². The van der Waals surface area contributed by atoms with E-state index >= 15 is 0 Å². The van der Waals surface area contributed by atoms with E-state index in [4.69, 9.17) is 4.74 Å². The first-order valence-corrected chi connectivity index (χ1v) is 7.02. The van der Waals surface area contributed by atoms with Gasteiger partial charge in [0.1, 0.15) is 0 Å². The van der Waals surface area contributed by atoms with E-state index in [-0.39, 0.29) is 0 Å². The Kier molecular flexibility index (Phi) is 4.73. The zero-order valence-electron chi connectivity index (χ0n) is 10.7. The van der Waals surface area contributed by atoms with Crippen LogP contribution in [0.1, 0.15) is 24.1 Å². The molecule has 0 fully saturated rings. The Labute approximate surface area is 112 Å². The molecule has 1 unspecified atom stereocenters. The van der Waals surface area contributed by atoms with Gasteiger partial charge in [0.25, 0.3) is 0 Å². The topological polar surface area (TPSA) is 34.1 Å².